The minimum atomic E-state index is -0.286. The Labute approximate surface area is 175 Å². The van der Waals surface area contributed by atoms with Crippen molar-refractivity contribution in [3.8, 4) is 28.5 Å². The Balaban J connectivity index is 2.00. The maximum absolute atomic E-state index is 12.1. The zero-order chi connectivity index (χ0) is 20.7. The molecule has 29 heavy (non-hydrogen) atoms. The van der Waals surface area contributed by atoms with Crippen molar-refractivity contribution in [2.75, 3.05) is 0 Å². The summed E-state index contributed by atoms with van der Waals surface area (Å²) in [5.74, 6) is 0. The highest BCUT2D eigenvalue weighted by molar-refractivity contribution is 6.43. The number of nitrogens with one attached hydrogen (secondary N) is 1. The molecule has 4 rings (SSSR count). The fourth-order valence-corrected chi connectivity index (χ4v) is 3.73. The first kappa shape index (κ1) is 19.2. The number of H-pyrrole nitrogens is 1. The van der Waals surface area contributed by atoms with Crippen LogP contribution in [0.4, 0.5) is 0 Å². The summed E-state index contributed by atoms with van der Waals surface area (Å²) in [6, 6.07) is 10.9. The van der Waals surface area contributed by atoms with Gasteiger partial charge in [-0.2, -0.15) is 15.5 Å². The molecule has 2 aromatic heterocycles. The fourth-order valence-electron chi connectivity index (χ4n) is 3.37. The molecule has 3 N–H and O–H groups in total. The van der Waals surface area contributed by atoms with Gasteiger partial charge in [-0.1, -0.05) is 29.3 Å². The van der Waals surface area contributed by atoms with Crippen LogP contribution in [-0.2, 0) is 13.6 Å². The lowest BCUT2D eigenvalue weighted by molar-refractivity contribution is 0.776. The highest BCUT2D eigenvalue weighted by atomic mass is 35.5. The van der Waals surface area contributed by atoms with Gasteiger partial charge < -0.3 is 5.73 Å². The number of halogens is 2. The highest BCUT2D eigenvalue weighted by Gasteiger charge is 2.20. The Morgan fingerprint density at radius 3 is 2.72 bits per heavy atom. The summed E-state index contributed by atoms with van der Waals surface area (Å²) in [5, 5.41) is 22.1. The van der Waals surface area contributed by atoms with Gasteiger partial charge in [-0.25, -0.2) is 5.10 Å². The van der Waals surface area contributed by atoms with Gasteiger partial charge in [0.15, 0.2) is 0 Å². The molecule has 0 radical (unpaired) electrons. The molecule has 2 aromatic carbocycles. The van der Waals surface area contributed by atoms with Gasteiger partial charge in [0, 0.05) is 30.1 Å². The van der Waals surface area contributed by atoms with Gasteiger partial charge in [-0.05, 0) is 29.8 Å². The third-order valence-corrected chi connectivity index (χ3v) is 5.58. The molecule has 0 unspecified atom stereocenters. The van der Waals surface area contributed by atoms with Crippen LogP contribution in [0.2, 0.25) is 10.0 Å². The maximum Gasteiger partial charge on any atom is 0.272 e. The molecule has 0 atom stereocenters. The van der Waals surface area contributed by atoms with E-state index in [-0.39, 0.29) is 22.7 Å². The summed E-state index contributed by atoms with van der Waals surface area (Å²) in [6.45, 7) is 0.183. The van der Waals surface area contributed by atoms with Crippen molar-refractivity contribution in [3.63, 3.8) is 0 Å². The molecule has 0 saturated carbocycles. The Hall–Kier alpha value is -3.18. The van der Waals surface area contributed by atoms with Gasteiger partial charge in [0.2, 0.25) is 0 Å². The predicted molar refractivity (Wildman–Crippen MR) is 113 cm³/mol. The van der Waals surface area contributed by atoms with Crippen LogP contribution in [0.15, 0.2) is 41.3 Å². The molecule has 9 heteroatoms. The van der Waals surface area contributed by atoms with Gasteiger partial charge in [-0.3, -0.25) is 9.48 Å². The number of aromatic nitrogens is 4. The number of fused-ring (bicyclic) bond motifs is 1. The average molecular weight is 425 g/mol. The molecule has 7 nitrogen and oxygen atoms in total. The van der Waals surface area contributed by atoms with Crippen LogP contribution in [0.1, 0.15) is 11.3 Å². The van der Waals surface area contributed by atoms with Crippen LogP contribution in [0, 0.1) is 11.3 Å². The number of hydrogen-bond donors (Lipinski definition) is 2. The largest absolute Gasteiger partial charge is 0.325 e. The number of nitrogens with two attached hydrogens (primary N) is 1. The molecule has 0 bridgehead atoms. The summed E-state index contributed by atoms with van der Waals surface area (Å²) in [6.07, 6.45) is 1.70. The van der Waals surface area contributed by atoms with E-state index in [0.717, 1.165) is 11.1 Å². The lowest BCUT2D eigenvalue weighted by atomic mass is 9.96. The predicted octanol–water partition coefficient (Wildman–Crippen LogP) is 3.63. The summed E-state index contributed by atoms with van der Waals surface area (Å²) < 4.78 is 1.67. The molecule has 2 heterocycles. The molecule has 0 spiro atoms. The van der Waals surface area contributed by atoms with Crippen molar-refractivity contribution in [1.82, 2.24) is 20.0 Å². The lowest BCUT2D eigenvalue weighted by Gasteiger charge is -2.11. The van der Waals surface area contributed by atoms with E-state index in [1.165, 1.54) is 0 Å². The molecule has 0 fully saturated rings. The van der Waals surface area contributed by atoms with Crippen molar-refractivity contribution in [2.24, 2.45) is 12.8 Å². The molecule has 144 valence electrons. The van der Waals surface area contributed by atoms with E-state index < -0.39 is 0 Å². The highest BCUT2D eigenvalue weighted by Crippen LogP contribution is 2.38. The second kappa shape index (κ2) is 7.33. The zero-order valence-electron chi connectivity index (χ0n) is 15.2. The van der Waals surface area contributed by atoms with Crippen LogP contribution in [0.25, 0.3) is 33.2 Å². The van der Waals surface area contributed by atoms with Gasteiger partial charge in [0.1, 0.15) is 6.07 Å². The summed E-state index contributed by atoms with van der Waals surface area (Å²) >= 11 is 12.3. The Kier molecular flexibility index (Phi) is 4.84. The standard InChI is InChI=1S/C20H14Cl2N6O/c1-28-19(11-4-5-16(21)18(22)14(11)7-23)15(9-25-28)10-2-3-12-13(6-10)17(8-24)26-27-20(12)29/h2-6,9H,8,24H2,1H3,(H,27,29). The lowest BCUT2D eigenvalue weighted by Crippen LogP contribution is -2.13. The molecular weight excluding hydrogens is 411 g/mol. The van der Waals surface area contributed by atoms with Crippen LogP contribution < -0.4 is 11.3 Å². The van der Waals surface area contributed by atoms with Crippen molar-refractivity contribution < 1.29 is 0 Å². The Morgan fingerprint density at radius 1 is 1.21 bits per heavy atom. The number of nitrogens with zero attached hydrogens (tertiary/aromatic N) is 4. The van der Waals surface area contributed by atoms with Gasteiger partial charge in [-0.15, -0.1) is 0 Å². The normalized spacial score (nSPS) is 11.0. The number of aromatic amines is 1. The number of nitriles is 1. The minimum absolute atomic E-state index is 0.183. The smallest absolute Gasteiger partial charge is 0.272 e. The van der Waals surface area contributed by atoms with Gasteiger partial charge >= 0.3 is 0 Å². The van der Waals surface area contributed by atoms with E-state index in [2.05, 4.69) is 21.4 Å². The van der Waals surface area contributed by atoms with Crippen LogP contribution in [0.3, 0.4) is 0 Å². The van der Waals surface area contributed by atoms with E-state index in [1.54, 1.807) is 36.1 Å². The first-order chi connectivity index (χ1) is 14.0. The first-order valence-corrected chi connectivity index (χ1v) is 9.34. The average Bonchev–Trinajstić information content (AvgIpc) is 3.11. The minimum Gasteiger partial charge on any atom is -0.325 e. The number of aryl methyl sites for hydroxylation is 1. The topological polar surface area (TPSA) is 113 Å². The monoisotopic (exact) mass is 424 g/mol. The summed E-state index contributed by atoms with van der Waals surface area (Å²) in [4.78, 5) is 12.1. The first-order valence-electron chi connectivity index (χ1n) is 8.58. The third kappa shape index (κ3) is 3.08. The fraction of sp³-hybridized carbons (Fsp3) is 0.100. The quantitative estimate of drug-likeness (QED) is 0.521. The van der Waals surface area contributed by atoms with Crippen molar-refractivity contribution in [2.45, 2.75) is 6.54 Å². The zero-order valence-corrected chi connectivity index (χ0v) is 16.7. The van der Waals surface area contributed by atoms with E-state index >= 15 is 0 Å². The van der Waals surface area contributed by atoms with E-state index in [9.17, 15) is 10.1 Å². The Morgan fingerprint density at radius 2 is 2.00 bits per heavy atom. The maximum atomic E-state index is 12.1. The van der Waals surface area contributed by atoms with Gasteiger partial charge in [0.25, 0.3) is 5.56 Å². The van der Waals surface area contributed by atoms with Crippen LogP contribution in [0.5, 0.6) is 0 Å². The SMILES string of the molecule is Cn1ncc(-c2ccc3c(=O)[nH]nc(CN)c3c2)c1-c1ccc(Cl)c(Cl)c1C#N. The van der Waals surface area contributed by atoms with E-state index in [4.69, 9.17) is 28.9 Å². The second-order valence-corrected chi connectivity index (χ2v) is 7.18. The van der Waals surface area contributed by atoms with Gasteiger partial charge in [0.05, 0.1) is 38.6 Å². The number of hydrogen-bond acceptors (Lipinski definition) is 5. The summed E-state index contributed by atoms with van der Waals surface area (Å²) in [7, 11) is 1.78. The number of benzene rings is 2. The molecule has 4 aromatic rings. The molecule has 0 aliphatic carbocycles. The third-order valence-electron chi connectivity index (χ3n) is 4.77. The number of rotatable bonds is 3. The summed E-state index contributed by atoms with van der Waals surface area (Å²) in [5.41, 5.74) is 9.24. The van der Waals surface area contributed by atoms with Crippen LogP contribution >= 0.6 is 23.2 Å². The van der Waals surface area contributed by atoms with Crippen molar-refractivity contribution in [1.29, 1.82) is 5.26 Å². The Bertz CT molecular complexity index is 1370. The van der Waals surface area contributed by atoms with Crippen molar-refractivity contribution in [3.05, 3.63) is 68.2 Å². The molecule has 0 amide bonds. The van der Waals surface area contributed by atoms with Crippen molar-refractivity contribution >= 4 is 34.0 Å². The molecular formula is C20H14Cl2N6O. The van der Waals surface area contributed by atoms with E-state index in [1.807, 2.05) is 12.1 Å². The molecule has 0 saturated heterocycles. The molecule has 0 aliphatic rings. The van der Waals surface area contributed by atoms with Crippen LogP contribution in [-0.4, -0.2) is 20.0 Å². The molecule has 0 aliphatic heterocycles. The van der Waals surface area contributed by atoms with E-state index in [0.29, 0.717) is 32.7 Å². The second-order valence-electron chi connectivity index (χ2n) is 6.39.